The summed E-state index contributed by atoms with van der Waals surface area (Å²) in [5.74, 6) is 0. The molecule has 0 aromatic heterocycles. The van der Waals surface area contributed by atoms with Crippen molar-refractivity contribution in [2.45, 2.75) is 13.3 Å². The Hall–Kier alpha value is -4.88. The summed E-state index contributed by atoms with van der Waals surface area (Å²) >= 11 is 0. The lowest BCUT2D eigenvalue weighted by atomic mass is 9.91. The molecule has 0 radical (unpaired) electrons. The van der Waals surface area contributed by atoms with Gasteiger partial charge in [-0.05, 0) is 109 Å². The molecule has 0 saturated carbocycles. The van der Waals surface area contributed by atoms with Crippen molar-refractivity contribution in [1.29, 1.82) is 0 Å². The van der Waals surface area contributed by atoms with Gasteiger partial charge < -0.3 is 5.73 Å². The fourth-order valence-corrected chi connectivity index (χ4v) is 6.16. The Balaban J connectivity index is 1.26. The molecule has 186 valence electrons. The van der Waals surface area contributed by atoms with Crippen LogP contribution < -0.4 is 5.73 Å². The second-order valence-electron chi connectivity index (χ2n) is 10.5. The molecule has 6 aromatic rings. The molecule has 1 aliphatic carbocycles. The first-order chi connectivity index (χ1) is 19.2. The summed E-state index contributed by atoms with van der Waals surface area (Å²) in [4.78, 5) is 0. The number of aryl methyl sites for hydroxylation is 1. The van der Waals surface area contributed by atoms with Crippen LogP contribution in [0.25, 0.3) is 61.4 Å². The minimum atomic E-state index is 0.878. The third kappa shape index (κ3) is 4.04. The summed E-state index contributed by atoms with van der Waals surface area (Å²) in [6.07, 6.45) is 4.46. The first-order valence-corrected chi connectivity index (χ1v) is 13.5. The van der Waals surface area contributed by atoms with Crippen LogP contribution >= 0.6 is 0 Å². The molecule has 1 aliphatic rings. The molecule has 0 aliphatic heterocycles. The molecule has 1 heteroatoms. The van der Waals surface area contributed by atoms with E-state index in [2.05, 4.69) is 128 Å². The van der Waals surface area contributed by atoms with Crippen LogP contribution in [0.15, 0.2) is 128 Å². The largest absolute Gasteiger partial charge is 0.405 e. The van der Waals surface area contributed by atoms with Crippen LogP contribution in [-0.4, -0.2) is 0 Å². The van der Waals surface area contributed by atoms with Crippen molar-refractivity contribution in [2.75, 3.05) is 0 Å². The number of fused-ring (bicyclic) bond motifs is 3. The third-order valence-corrected chi connectivity index (χ3v) is 7.95. The molecule has 0 saturated heterocycles. The van der Waals surface area contributed by atoms with Crippen molar-refractivity contribution in [2.24, 2.45) is 5.73 Å². The minimum absolute atomic E-state index is 0.878. The zero-order valence-electron chi connectivity index (χ0n) is 22.0. The van der Waals surface area contributed by atoms with Crippen LogP contribution in [0.4, 0.5) is 0 Å². The highest BCUT2D eigenvalue weighted by atomic mass is 14.5. The first-order valence-electron chi connectivity index (χ1n) is 13.5. The van der Waals surface area contributed by atoms with Gasteiger partial charge in [0.05, 0.1) is 0 Å². The van der Waals surface area contributed by atoms with Gasteiger partial charge in [0.15, 0.2) is 0 Å². The highest BCUT2D eigenvalue weighted by molar-refractivity contribution is 6.18. The average molecular weight is 500 g/mol. The smallest absolute Gasteiger partial charge is 0.00198 e. The maximum Gasteiger partial charge on any atom is -0.00198 e. The maximum absolute atomic E-state index is 5.66. The van der Waals surface area contributed by atoms with E-state index in [1.807, 2.05) is 6.08 Å². The van der Waals surface area contributed by atoms with Gasteiger partial charge in [0.25, 0.3) is 0 Å². The second-order valence-corrected chi connectivity index (χ2v) is 10.5. The molecule has 0 atom stereocenters. The average Bonchev–Trinajstić information content (AvgIpc) is 3.30. The molecule has 0 unspecified atom stereocenters. The quantitative estimate of drug-likeness (QED) is 0.251. The summed E-state index contributed by atoms with van der Waals surface area (Å²) in [5, 5.41) is 2.69. The number of hydrogen-bond donors (Lipinski definition) is 1. The molecule has 0 fully saturated rings. The normalized spacial score (nSPS) is 11.8. The summed E-state index contributed by atoms with van der Waals surface area (Å²) in [7, 11) is 0. The predicted molar refractivity (Wildman–Crippen MR) is 166 cm³/mol. The molecule has 1 nitrogen and oxygen atoms in total. The Kier molecular flexibility index (Phi) is 5.64. The second kappa shape index (κ2) is 9.45. The topological polar surface area (TPSA) is 26.0 Å². The van der Waals surface area contributed by atoms with Crippen LogP contribution in [0, 0.1) is 6.92 Å². The van der Waals surface area contributed by atoms with E-state index in [1.54, 1.807) is 6.20 Å². The van der Waals surface area contributed by atoms with Gasteiger partial charge in [-0.3, -0.25) is 0 Å². The number of nitrogens with two attached hydrogens (primary N) is 1. The van der Waals surface area contributed by atoms with Crippen molar-refractivity contribution >= 4 is 16.8 Å². The van der Waals surface area contributed by atoms with Crippen LogP contribution in [0.2, 0.25) is 0 Å². The third-order valence-electron chi connectivity index (χ3n) is 7.95. The van der Waals surface area contributed by atoms with E-state index in [1.165, 1.54) is 77.5 Å². The van der Waals surface area contributed by atoms with Crippen LogP contribution in [-0.2, 0) is 6.42 Å². The summed E-state index contributed by atoms with van der Waals surface area (Å²) < 4.78 is 0. The highest BCUT2D eigenvalue weighted by Crippen LogP contribution is 2.49. The van der Waals surface area contributed by atoms with Gasteiger partial charge in [-0.2, -0.15) is 0 Å². The van der Waals surface area contributed by atoms with Gasteiger partial charge >= 0.3 is 0 Å². The van der Waals surface area contributed by atoms with Gasteiger partial charge in [0.2, 0.25) is 0 Å². The Morgan fingerprint density at radius 2 is 1.23 bits per heavy atom. The van der Waals surface area contributed by atoms with E-state index in [0.29, 0.717) is 0 Å². The number of benzene rings is 6. The molecule has 0 bridgehead atoms. The van der Waals surface area contributed by atoms with Gasteiger partial charge in [-0.1, -0.05) is 115 Å². The fourth-order valence-electron chi connectivity index (χ4n) is 6.16. The molecular weight excluding hydrogens is 470 g/mol. The van der Waals surface area contributed by atoms with E-state index in [-0.39, 0.29) is 0 Å². The Morgan fingerprint density at radius 3 is 2.03 bits per heavy atom. The lowest BCUT2D eigenvalue weighted by Gasteiger charge is -2.13. The lowest BCUT2D eigenvalue weighted by molar-refractivity contribution is 1.18. The molecule has 0 spiro atoms. The molecular formula is C38H29N. The standard InChI is InChI=1S/C38H29N/c1-25-21-30(28-15-13-26(14-16-28)23-29-8-3-2-7-27(29)19-20-39)24-31(22-25)32-17-18-37-34-10-5-4-9-33(34)36-12-6-11-35(32)38(36)37/h2-22,24H,23,39H2,1H3/b20-19-. The molecule has 7 rings (SSSR count). The van der Waals surface area contributed by atoms with Gasteiger partial charge in [-0.15, -0.1) is 0 Å². The van der Waals surface area contributed by atoms with Crippen LogP contribution in [0.5, 0.6) is 0 Å². The zero-order valence-corrected chi connectivity index (χ0v) is 22.0. The lowest BCUT2D eigenvalue weighted by Crippen LogP contribution is -1.92. The van der Waals surface area contributed by atoms with Crippen molar-refractivity contribution in [3.63, 3.8) is 0 Å². The van der Waals surface area contributed by atoms with Crippen LogP contribution in [0.3, 0.4) is 0 Å². The summed E-state index contributed by atoms with van der Waals surface area (Å²) in [6, 6.07) is 44.5. The van der Waals surface area contributed by atoms with Crippen molar-refractivity contribution in [3.8, 4) is 44.5 Å². The maximum atomic E-state index is 5.66. The monoisotopic (exact) mass is 499 g/mol. The Bertz CT molecular complexity index is 1860. The Labute approximate surface area is 229 Å². The predicted octanol–water partition coefficient (Wildman–Crippen LogP) is 9.65. The van der Waals surface area contributed by atoms with E-state index in [4.69, 9.17) is 5.73 Å². The highest BCUT2D eigenvalue weighted by Gasteiger charge is 2.22. The molecule has 2 N–H and O–H groups in total. The molecule has 39 heavy (non-hydrogen) atoms. The summed E-state index contributed by atoms with van der Waals surface area (Å²) in [5.41, 5.74) is 21.0. The van der Waals surface area contributed by atoms with E-state index >= 15 is 0 Å². The number of rotatable bonds is 5. The number of hydrogen-bond acceptors (Lipinski definition) is 1. The zero-order chi connectivity index (χ0) is 26.3. The van der Waals surface area contributed by atoms with Gasteiger partial charge in [0, 0.05) is 0 Å². The summed E-state index contributed by atoms with van der Waals surface area (Å²) in [6.45, 7) is 2.19. The SMILES string of the molecule is Cc1cc(-c2ccc(Cc3ccccc3/C=C\N)cc2)cc(-c2ccc3c4c(cccc24)-c2ccccc2-3)c1. The van der Waals surface area contributed by atoms with Crippen molar-refractivity contribution in [1.82, 2.24) is 0 Å². The van der Waals surface area contributed by atoms with Gasteiger partial charge in [0.1, 0.15) is 0 Å². The fraction of sp³-hybridized carbons (Fsp3) is 0.0526. The van der Waals surface area contributed by atoms with Crippen LogP contribution in [0.1, 0.15) is 22.3 Å². The molecule has 0 heterocycles. The van der Waals surface area contributed by atoms with Gasteiger partial charge in [-0.25, -0.2) is 0 Å². The van der Waals surface area contributed by atoms with E-state index < -0.39 is 0 Å². The van der Waals surface area contributed by atoms with E-state index in [0.717, 1.165) is 6.42 Å². The molecule has 0 amide bonds. The van der Waals surface area contributed by atoms with Crippen molar-refractivity contribution < 1.29 is 0 Å². The Morgan fingerprint density at radius 1 is 0.564 bits per heavy atom. The van der Waals surface area contributed by atoms with Crippen molar-refractivity contribution in [3.05, 3.63) is 150 Å². The minimum Gasteiger partial charge on any atom is -0.405 e. The van der Waals surface area contributed by atoms with E-state index in [9.17, 15) is 0 Å². The molecule has 6 aromatic carbocycles. The first kappa shape index (κ1) is 23.3.